The highest BCUT2D eigenvalue weighted by molar-refractivity contribution is 5.61. The number of hydrogen-bond donors (Lipinski definition) is 0. The second kappa shape index (κ2) is 25.5. The molecule has 4 aromatic carbocycles. The van der Waals surface area contributed by atoms with Gasteiger partial charge in [0.2, 0.25) is 0 Å². The van der Waals surface area contributed by atoms with Gasteiger partial charge < -0.3 is 18.9 Å². The van der Waals surface area contributed by atoms with Crippen LogP contribution in [0.4, 0.5) is 0 Å². The maximum absolute atomic E-state index is 7.40. The van der Waals surface area contributed by atoms with E-state index < -0.39 is 0 Å². The lowest BCUT2D eigenvalue weighted by Gasteiger charge is -2.29. The Kier molecular flexibility index (Phi) is 18.6. The second-order valence-corrected chi connectivity index (χ2v) is 27.5. The molecule has 0 unspecified atom stereocenters. The number of benzene rings is 4. The predicted octanol–water partition coefficient (Wildman–Crippen LogP) is 18.6. The summed E-state index contributed by atoms with van der Waals surface area (Å²) >= 11 is 0. The third-order valence-corrected chi connectivity index (χ3v) is 16.1. The van der Waals surface area contributed by atoms with Crippen LogP contribution in [0.5, 0.6) is 23.0 Å². The molecule has 0 atom stereocenters. The highest BCUT2D eigenvalue weighted by Crippen LogP contribution is 2.45. The van der Waals surface area contributed by atoms with Crippen LogP contribution in [0.1, 0.15) is 212 Å². The Labute approximate surface area is 503 Å². The fourth-order valence-electron chi connectivity index (χ4n) is 11.1. The molecule has 4 aromatic heterocycles. The van der Waals surface area contributed by atoms with Gasteiger partial charge in [-0.1, -0.05) is 183 Å². The predicted molar refractivity (Wildman–Crippen MR) is 346 cm³/mol. The van der Waals surface area contributed by atoms with Gasteiger partial charge in [0.1, 0.15) is 36.2 Å². The Bertz CT molecular complexity index is 3290. The molecule has 8 bridgehead atoms. The van der Waals surface area contributed by atoms with E-state index in [1.54, 1.807) is 0 Å². The van der Waals surface area contributed by atoms with Crippen LogP contribution in [0.25, 0.3) is 22.8 Å². The fourth-order valence-corrected chi connectivity index (χ4v) is 11.1. The largest absolute Gasteiger partial charge is 0.493 e. The number of aromatic nitrogens is 4. The minimum Gasteiger partial charge on any atom is -0.493 e. The van der Waals surface area contributed by atoms with Gasteiger partial charge in [-0.3, -0.25) is 9.97 Å². The van der Waals surface area contributed by atoms with Crippen molar-refractivity contribution in [3.05, 3.63) is 211 Å². The molecule has 0 radical (unpaired) electrons. The van der Waals surface area contributed by atoms with E-state index in [2.05, 4.69) is 170 Å². The lowest BCUT2D eigenvalue weighted by molar-refractivity contribution is 0.291. The van der Waals surface area contributed by atoms with Crippen molar-refractivity contribution < 1.29 is 18.9 Å². The van der Waals surface area contributed by atoms with Crippen LogP contribution >= 0.6 is 0 Å². The van der Waals surface area contributed by atoms with Gasteiger partial charge in [0.15, 0.2) is 0 Å². The van der Waals surface area contributed by atoms with Crippen molar-refractivity contribution in [2.45, 2.75) is 197 Å². The van der Waals surface area contributed by atoms with Crippen LogP contribution in [0.2, 0.25) is 0 Å². The molecule has 0 aliphatic heterocycles. The summed E-state index contributed by atoms with van der Waals surface area (Å²) in [5, 5.41) is 0. The van der Waals surface area contributed by atoms with Gasteiger partial charge in [-0.15, -0.1) is 0 Å². The van der Waals surface area contributed by atoms with Gasteiger partial charge in [-0.25, -0.2) is 9.97 Å². The maximum atomic E-state index is 7.40. The van der Waals surface area contributed by atoms with Gasteiger partial charge in [0.05, 0.1) is 47.4 Å². The van der Waals surface area contributed by atoms with E-state index in [-0.39, 0.29) is 34.9 Å². The summed E-state index contributed by atoms with van der Waals surface area (Å²) in [6.07, 6.45) is 6.20. The van der Waals surface area contributed by atoms with Crippen LogP contribution in [-0.4, -0.2) is 33.1 Å². The molecule has 0 amide bonds. The van der Waals surface area contributed by atoms with Crippen LogP contribution in [0, 0.1) is 13.8 Å². The Morgan fingerprint density at radius 1 is 0.333 bits per heavy atom. The Morgan fingerprint density at radius 3 is 0.833 bits per heavy atom. The van der Waals surface area contributed by atoms with Gasteiger partial charge in [0, 0.05) is 37.1 Å². The normalized spacial score (nSPS) is 13.0. The van der Waals surface area contributed by atoms with E-state index in [1.807, 2.05) is 62.4 Å². The number of hydrogen-bond acceptors (Lipinski definition) is 8. The first-order chi connectivity index (χ1) is 39.8. The number of unbranched alkanes of at least 4 members (excludes halogenated alkanes) is 2. The van der Waals surface area contributed by atoms with Crippen molar-refractivity contribution in [1.82, 2.24) is 19.9 Å². The number of fused-ring (bicyclic) bond motifs is 8. The highest BCUT2D eigenvalue weighted by atomic mass is 16.5. The number of ether oxygens (including phenoxy) is 4. The monoisotopic (exact) mass is 1120 g/mol. The molecule has 9 rings (SSSR count). The molecule has 0 saturated carbocycles. The van der Waals surface area contributed by atoms with E-state index in [0.29, 0.717) is 38.9 Å². The molecule has 1 aliphatic carbocycles. The summed E-state index contributed by atoms with van der Waals surface area (Å²) in [6.45, 7) is 38.1. The van der Waals surface area contributed by atoms with Gasteiger partial charge in [-0.05, 0) is 164 Å². The van der Waals surface area contributed by atoms with Crippen molar-refractivity contribution in [2.24, 2.45) is 0 Å². The molecule has 4 heterocycles. The highest BCUT2D eigenvalue weighted by Gasteiger charge is 2.30. The average Bonchev–Trinajstić information content (AvgIpc) is 2.25. The zero-order valence-corrected chi connectivity index (χ0v) is 53.5. The van der Waals surface area contributed by atoms with Gasteiger partial charge >= 0.3 is 0 Å². The maximum Gasteiger partial charge on any atom is 0.130 e. The summed E-state index contributed by atoms with van der Waals surface area (Å²) in [4.78, 5) is 20.0. The van der Waals surface area contributed by atoms with E-state index in [0.717, 1.165) is 139 Å². The molecule has 1 aliphatic rings. The van der Waals surface area contributed by atoms with E-state index in [4.69, 9.17) is 38.9 Å². The average molecular weight is 1130 g/mol. The molecule has 8 heteroatoms. The van der Waals surface area contributed by atoms with Gasteiger partial charge in [0.25, 0.3) is 0 Å². The first-order valence-electron chi connectivity index (χ1n) is 30.8. The van der Waals surface area contributed by atoms with Crippen LogP contribution in [0.3, 0.4) is 0 Å². The van der Waals surface area contributed by atoms with Gasteiger partial charge in [-0.2, -0.15) is 0 Å². The number of pyridine rings is 4. The summed E-state index contributed by atoms with van der Waals surface area (Å²) in [5.41, 5.74) is 20.1. The molecule has 0 N–H and O–H groups in total. The van der Waals surface area contributed by atoms with Crippen LogP contribution in [0.15, 0.2) is 121 Å². The second-order valence-electron chi connectivity index (χ2n) is 27.5. The molecular formula is C76H92N4O4. The topological polar surface area (TPSA) is 88.5 Å². The molecule has 0 saturated heterocycles. The minimum atomic E-state index is -0.185. The third kappa shape index (κ3) is 14.9. The fraction of sp³-hybridized carbons (Fsp3) is 0.421. The smallest absolute Gasteiger partial charge is 0.130 e. The zero-order valence-electron chi connectivity index (χ0n) is 53.5. The minimum absolute atomic E-state index is 0.185. The number of aryl methyl sites for hydroxylation is 2. The summed E-state index contributed by atoms with van der Waals surface area (Å²) in [5.74, 6) is 3.59. The Morgan fingerprint density at radius 2 is 0.583 bits per heavy atom. The lowest BCUT2D eigenvalue weighted by atomic mass is 9.79. The molecule has 0 fully saturated rings. The molecule has 84 heavy (non-hydrogen) atoms. The Hall–Kier alpha value is -7.32. The number of rotatable bonds is 16. The van der Waals surface area contributed by atoms with E-state index in [1.165, 1.54) is 22.3 Å². The van der Waals surface area contributed by atoms with E-state index in [9.17, 15) is 0 Å². The molecule has 440 valence electrons. The van der Waals surface area contributed by atoms with Crippen molar-refractivity contribution in [1.29, 1.82) is 0 Å². The summed E-state index contributed by atoms with van der Waals surface area (Å²) in [7, 11) is 0. The quantitative estimate of drug-likeness (QED) is 0.0884. The molecule has 8 nitrogen and oxygen atoms in total. The first-order valence-corrected chi connectivity index (χ1v) is 30.8. The Balaban J connectivity index is 1.33. The summed E-state index contributed by atoms with van der Waals surface area (Å²) in [6, 6.07) is 43.7. The van der Waals surface area contributed by atoms with Crippen LogP contribution < -0.4 is 18.9 Å². The zero-order chi connectivity index (χ0) is 60.1. The number of nitrogens with zero attached hydrogens (tertiary/aromatic N) is 4. The molecular weight excluding hydrogens is 1030 g/mol. The first kappa shape index (κ1) is 61.2. The van der Waals surface area contributed by atoms with Crippen LogP contribution in [-0.2, 0) is 60.6 Å². The molecule has 8 aromatic rings. The summed E-state index contributed by atoms with van der Waals surface area (Å²) < 4.78 is 29.3. The lowest BCUT2D eigenvalue weighted by Crippen LogP contribution is -2.18. The van der Waals surface area contributed by atoms with Crippen molar-refractivity contribution >= 4 is 0 Å². The third-order valence-electron chi connectivity index (χ3n) is 16.1. The van der Waals surface area contributed by atoms with Crippen molar-refractivity contribution in [3.8, 4) is 45.8 Å². The van der Waals surface area contributed by atoms with E-state index >= 15 is 0 Å². The van der Waals surface area contributed by atoms with Crippen molar-refractivity contribution in [3.63, 3.8) is 0 Å². The SMILES string of the molecule is CCCCOc1c2cc(C(C)(C)C)cc1Cc1cc(C(C)(C)C)cc(c1OCc1cccc(-c3cccc(C)n3)n1)Cc1cc(C(C)(C)C)cc(c1OCCCC)Cc1cc(C(C)(C)C)cc(c1OCc1cccc(-c3cccc(C)n3)n1)C2. The standard InChI is InChI=1S/C76H92N4O4/c1-17-19-33-81-69-51-35-55-43-61(75(11,12)13)45-57(71(55)83-47-63-27-23-31-67(79-63)65-29-21-25-49(3)77-65)37-53-41-60(74(8,9)10)42-54(70(53)82-34-20-18-2)38-58-46-62(76(14,15)16)44-56(36-52(69)40-59(39-51)73(5,6)7)72(58)84-48-64-28-24-32-68(80-64)66-30-22-26-50(4)78-66/h21-32,39-46H,17-20,33-38,47-48H2,1-16H3. The van der Waals surface area contributed by atoms with Crippen molar-refractivity contribution in [2.75, 3.05) is 13.2 Å². The molecule has 0 spiro atoms.